The van der Waals surface area contributed by atoms with Crippen LogP contribution in [0, 0.1) is 23.2 Å². The SMILES string of the molecule is CON(C)C(=O)/C=C/[C@@H](C)[C@H]1CC[C@H]2[C@H](O)CCC[C@]12C. The number of aliphatic hydroxyl groups excluding tert-OH is 1. The highest BCUT2D eigenvalue weighted by Crippen LogP contribution is 2.57. The first-order chi connectivity index (χ1) is 9.90. The van der Waals surface area contributed by atoms with Crippen LogP contribution in [0.4, 0.5) is 0 Å². The summed E-state index contributed by atoms with van der Waals surface area (Å²) >= 11 is 0. The lowest BCUT2D eigenvalue weighted by Crippen LogP contribution is -2.41. The molecule has 5 atom stereocenters. The van der Waals surface area contributed by atoms with Gasteiger partial charge in [0.1, 0.15) is 0 Å². The van der Waals surface area contributed by atoms with Gasteiger partial charge in [0.05, 0.1) is 13.2 Å². The van der Waals surface area contributed by atoms with Crippen LogP contribution in [0.1, 0.15) is 46.0 Å². The average Bonchev–Trinajstić information content (AvgIpc) is 2.82. The second-order valence-electron chi connectivity index (χ2n) is 6.99. The molecule has 0 spiro atoms. The van der Waals surface area contributed by atoms with E-state index in [-0.39, 0.29) is 17.4 Å². The van der Waals surface area contributed by atoms with Crippen LogP contribution in [0.15, 0.2) is 12.2 Å². The fourth-order valence-corrected chi connectivity index (χ4v) is 4.62. The van der Waals surface area contributed by atoms with Crippen molar-refractivity contribution in [2.24, 2.45) is 23.2 Å². The number of carbonyl (C=O) groups excluding carboxylic acids is 1. The van der Waals surface area contributed by atoms with Crippen molar-refractivity contribution in [1.29, 1.82) is 0 Å². The lowest BCUT2D eigenvalue weighted by Gasteiger charge is -2.44. The minimum atomic E-state index is -0.133. The van der Waals surface area contributed by atoms with Crippen LogP contribution in [-0.4, -0.2) is 36.3 Å². The molecule has 0 aliphatic heterocycles. The largest absolute Gasteiger partial charge is 0.393 e. The third-order valence-corrected chi connectivity index (χ3v) is 5.92. The van der Waals surface area contributed by atoms with Crippen LogP contribution in [0.25, 0.3) is 0 Å². The summed E-state index contributed by atoms with van der Waals surface area (Å²) in [7, 11) is 3.10. The molecule has 4 nitrogen and oxygen atoms in total. The molecule has 0 unspecified atom stereocenters. The summed E-state index contributed by atoms with van der Waals surface area (Å²) in [4.78, 5) is 16.7. The molecule has 0 aromatic carbocycles. The van der Waals surface area contributed by atoms with E-state index < -0.39 is 0 Å². The van der Waals surface area contributed by atoms with Gasteiger partial charge in [-0.1, -0.05) is 26.3 Å². The van der Waals surface area contributed by atoms with Crippen molar-refractivity contribution in [3.05, 3.63) is 12.2 Å². The van der Waals surface area contributed by atoms with Gasteiger partial charge in [0.15, 0.2) is 0 Å². The maximum absolute atomic E-state index is 11.8. The molecule has 0 aromatic rings. The first-order valence-corrected chi connectivity index (χ1v) is 8.08. The molecule has 4 heteroatoms. The topological polar surface area (TPSA) is 49.8 Å². The van der Waals surface area contributed by atoms with Crippen molar-refractivity contribution in [2.45, 2.75) is 52.1 Å². The van der Waals surface area contributed by atoms with Gasteiger partial charge >= 0.3 is 0 Å². The Kier molecular flexibility index (Phi) is 5.10. The fraction of sp³-hybridized carbons (Fsp3) is 0.824. The minimum absolute atomic E-state index is 0.132. The van der Waals surface area contributed by atoms with Crippen LogP contribution in [0.3, 0.4) is 0 Å². The Hall–Kier alpha value is -0.870. The van der Waals surface area contributed by atoms with Gasteiger partial charge in [0.2, 0.25) is 0 Å². The van der Waals surface area contributed by atoms with E-state index in [0.717, 1.165) is 25.7 Å². The van der Waals surface area contributed by atoms with Crippen molar-refractivity contribution in [1.82, 2.24) is 5.06 Å². The highest BCUT2D eigenvalue weighted by Gasteiger charge is 2.51. The molecular weight excluding hydrogens is 266 g/mol. The van der Waals surface area contributed by atoms with E-state index in [9.17, 15) is 9.90 Å². The molecule has 2 rings (SSSR count). The summed E-state index contributed by atoms with van der Waals surface area (Å²) < 4.78 is 0. The van der Waals surface area contributed by atoms with Crippen molar-refractivity contribution in [3.8, 4) is 0 Å². The lowest BCUT2D eigenvalue weighted by atomic mass is 9.62. The van der Waals surface area contributed by atoms with Crippen molar-refractivity contribution in [2.75, 3.05) is 14.2 Å². The molecule has 0 saturated heterocycles. The Labute approximate surface area is 128 Å². The van der Waals surface area contributed by atoms with Gasteiger partial charge in [0, 0.05) is 13.1 Å². The molecular formula is C17H29NO3. The number of nitrogens with zero attached hydrogens (tertiary/aromatic N) is 1. The van der Waals surface area contributed by atoms with Crippen LogP contribution in [0.5, 0.6) is 0 Å². The Morgan fingerprint density at radius 3 is 2.81 bits per heavy atom. The zero-order valence-corrected chi connectivity index (χ0v) is 13.7. The quantitative estimate of drug-likeness (QED) is 0.641. The van der Waals surface area contributed by atoms with Crippen molar-refractivity contribution < 1.29 is 14.7 Å². The molecule has 2 fully saturated rings. The van der Waals surface area contributed by atoms with Gasteiger partial charge in [-0.15, -0.1) is 0 Å². The summed E-state index contributed by atoms with van der Waals surface area (Å²) in [5, 5.41) is 11.5. The van der Waals surface area contributed by atoms with Crippen LogP contribution in [-0.2, 0) is 9.63 Å². The monoisotopic (exact) mass is 295 g/mol. The normalized spacial score (nSPS) is 37.5. The average molecular weight is 295 g/mol. The smallest absolute Gasteiger partial charge is 0.269 e. The van der Waals surface area contributed by atoms with Gasteiger partial charge in [-0.2, -0.15) is 0 Å². The van der Waals surface area contributed by atoms with Crippen LogP contribution >= 0.6 is 0 Å². The van der Waals surface area contributed by atoms with Crippen molar-refractivity contribution in [3.63, 3.8) is 0 Å². The first-order valence-electron chi connectivity index (χ1n) is 8.08. The van der Waals surface area contributed by atoms with Gasteiger partial charge in [0.25, 0.3) is 5.91 Å². The molecule has 2 saturated carbocycles. The molecule has 21 heavy (non-hydrogen) atoms. The number of allylic oxidation sites excluding steroid dienone is 1. The third-order valence-electron chi connectivity index (χ3n) is 5.92. The predicted octanol–water partition coefficient (Wildman–Crippen LogP) is 2.78. The molecule has 1 amide bonds. The number of hydroxylamine groups is 2. The van der Waals surface area contributed by atoms with Gasteiger partial charge in [-0.3, -0.25) is 9.63 Å². The van der Waals surface area contributed by atoms with Gasteiger partial charge in [-0.05, 0) is 48.9 Å². The van der Waals surface area contributed by atoms with Gasteiger partial charge < -0.3 is 5.11 Å². The van der Waals surface area contributed by atoms with Gasteiger partial charge in [-0.25, -0.2) is 5.06 Å². The standard InChI is InChI=1S/C17H29NO3/c1-12(7-10-16(20)18(3)21-4)13-8-9-14-15(19)6-5-11-17(13,14)2/h7,10,12-15,19H,5-6,8-9,11H2,1-4H3/b10-7+/t12-,13-,14+,15-,17-/m1/s1. The number of likely N-dealkylation sites (N-methyl/N-ethyl adjacent to an activating group) is 1. The zero-order valence-electron chi connectivity index (χ0n) is 13.7. The first kappa shape index (κ1) is 16.5. The highest BCUT2D eigenvalue weighted by molar-refractivity contribution is 5.86. The van der Waals surface area contributed by atoms with E-state index in [1.807, 2.05) is 6.08 Å². The molecule has 0 radical (unpaired) electrons. The summed E-state index contributed by atoms with van der Waals surface area (Å²) in [6.07, 6.45) is 9.03. The summed E-state index contributed by atoms with van der Waals surface area (Å²) in [5.41, 5.74) is 0.220. The minimum Gasteiger partial charge on any atom is -0.393 e. The molecule has 1 N–H and O–H groups in total. The van der Waals surface area contributed by atoms with Crippen LogP contribution in [0.2, 0.25) is 0 Å². The number of aliphatic hydroxyl groups is 1. The predicted molar refractivity (Wildman–Crippen MR) is 82.3 cm³/mol. The van der Waals surface area contributed by atoms with E-state index >= 15 is 0 Å². The second kappa shape index (κ2) is 6.49. The number of amides is 1. The molecule has 0 bridgehead atoms. The van der Waals surface area contributed by atoms with Crippen molar-refractivity contribution >= 4 is 5.91 Å². The summed E-state index contributed by atoms with van der Waals surface area (Å²) in [5.74, 6) is 1.20. The molecule has 0 aromatic heterocycles. The van der Waals surface area contributed by atoms with E-state index in [1.165, 1.54) is 18.6 Å². The Morgan fingerprint density at radius 1 is 1.43 bits per heavy atom. The van der Waals surface area contributed by atoms with E-state index in [4.69, 9.17) is 4.84 Å². The molecule has 0 heterocycles. The Morgan fingerprint density at radius 2 is 2.14 bits per heavy atom. The Balaban J connectivity index is 2.04. The van der Waals surface area contributed by atoms with E-state index in [0.29, 0.717) is 17.8 Å². The second-order valence-corrected chi connectivity index (χ2v) is 6.99. The maximum atomic E-state index is 11.8. The number of carbonyl (C=O) groups is 1. The molecule has 2 aliphatic rings. The number of hydrogen-bond donors (Lipinski definition) is 1. The fourth-order valence-electron chi connectivity index (χ4n) is 4.62. The van der Waals surface area contributed by atoms with E-state index in [1.54, 1.807) is 13.1 Å². The summed E-state index contributed by atoms with van der Waals surface area (Å²) in [6, 6.07) is 0. The van der Waals surface area contributed by atoms with E-state index in [2.05, 4.69) is 13.8 Å². The number of hydrogen-bond acceptors (Lipinski definition) is 3. The highest BCUT2D eigenvalue weighted by atomic mass is 16.7. The number of fused-ring (bicyclic) bond motifs is 1. The van der Waals surface area contributed by atoms with Crippen LogP contribution < -0.4 is 0 Å². The lowest BCUT2D eigenvalue weighted by molar-refractivity contribution is -0.162. The Bertz CT molecular complexity index is 409. The summed E-state index contributed by atoms with van der Waals surface area (Å²) in [6.45, 7) is 4.53. The maximum Gasteiger partial charge on any atom is 0.269 e. The number of rotatable bonds is 4. The molecule has 120 valence electrons. The third kappa shape index (κ3) is 3.16. The zero-order chi connectivity index (χ0) is 15.6. The molecule has 2 aliphatic carbocycles.